The van der Waals surface area contributed by atoms with E-state index in [1.165, 1.54) is 4.90 Å². The van der Waals surface area contributed by atoms with E-state index in [2.05, 4.69) is 4.99 Å². The fourth-order valence-electron chi connectivity index (χ4n) is 1.69. The van der Waals surface area contributed by atoms with Gasteiger partial charge in [0, 0.05) is 7.05 Å². The zero-order valence-electron chi connectivity index (χ0n) is 10.3. The molecule has 0 fully saturated rings. The van der Waals surface area contributed by atoms with Gasteiger partial charge < -0.3 is 5.11 Å². The first-order valence-electron chi connectivity index (χ1n) is 5.62. The zero-order valence-corrected chi connectivity index (χ0v) is 10.3. The number of hydrogen-bond donors (Lipinski definition) is 1. The topological polar surface area (TPSA) is 52.9 Å². The Hall–Kier alpha value is -2.36. The number of phenolic OH excluding ortho intramolecular Hbond substituents is 1. The van der Waals surface area contributed by atoms with Crippen LogP contribution >= 0.6 is 0 Å². The predicted molar refractivity (Wildman–Crippen MR) is 71.1 cm³/mol. The average Bonchev–Trinajstić information content (AvgIpc) is 2.59. The second-order valence-corrected chi connectivity index (χ2v) is 3.96. The third-order valence-corrected chi connectivity index (χ3v) is 2.59. The molecule has 1 aliphatic rings. The van der Waals surface area contributed by atoms with Crippen LogP contribution < -0.4 is 0 Å². The smallest absolute Gasteiger partial charge is 0.277 e. The number of carbonyl (C=O) groups excluding carboxylic acids is 1. The molecule has 0 atom stereocenters. The van der Waals surface area contributed by atoms with Crippen LogP contribution in [-0.2, 0) is 4.79 Å². The van der Waals surface area contributed by atoms with Crippen molar-refractivity contribution in [3.05, 3.63) is 47.7 Å². The number of nitrogens with zero attached hydrogens (tertiary/aromatic N) is 2. The Labute approximate surface area is 106 Å². The first-order valence-corrected chi connectivity index (χ1v) is 5.62. The highest BCUT2D eigenvalue weighted by atomic mass is 16.3. The maximum Gasteiger partial charge on any atom is 0.277 e. The normalized spacial score (nSPS) is 17.9. The van der Waals surface area contributed by atoms with Gasteiger partial charge in [-0.2, -0.15) is 0 Å². The van der Waals surface area contributed by atoms with Gasteiger partial charge >= 0.3 is 0 Å². The van der Waals surface area contributed by atoms with Crippen molar-refractivity contribution >= 4 is 17.8 Å². The van der Waals surface area contributed by atoms with Crippen LogP contribution in [-0.4, -0.2) is 28.8 Å². The number of aromatic hydroxyl groups is 1. The molecule has 0 spiro atoms. The number of hydrogen-bond acceptors (Lipinski definition) is 3. The summed E-state index contributed by atoms with van der Waals surface area (Å²) in [4.78, 5) is 17.7. The van der Waals surface area contributed by atoms with Crippen molar-refractivity contribution in [2.45, 2.75) is 6.92 Å². The molecule has 1 N–H and O–H groups in total. The van der Waals surface area contributed by atoms with E-state index in [0.29, 0.717) is 11.5 Å². The van der Waals surface area contributed by atoms with Gasteiger partial charge in [0.05, 0.1) is 0 Å². The summed E-state index contributed by atoms with van der Waals surface area (Å²) in [6, 6.07) is 6.70. The quantitative estimate of drug-likeness (QED) is 0.808. The second kappa shape index (κ2) is 4.87. The van der Waals surface area contributed by atoms with E-state index >= 15 is 0 Å². The van der Waals surface area contributed by atoms with Gasteiger partial charge in [0.1, 0.15) is 17.3 Å². The van der Waals surface area contributed by atoms with Crippen molar-refractivity contribution in [3.63, 3.8) is 0 Å². The van der Waals surface area contributed by atoms with Crippen molar-refractivity contribution in [2.24, 2.45) is 4.99 Å². The molecule has 0 unspecified atom stereocenters. The van der Waals surface area contributed by atoms with Crippen molar-refractivity contribution in [3.8, 4) is 5.75 Å². The van der Waals surface area contributed by atoms with Gasteiger partial charge in [-0.05, 0) is 36.8 Å². The lowest BCUT2D eigenvalue weighted by molar-refractivity contribution is -0.121. The molecule has 0 saturated heterocycles. The Kier molecular flexibility index (Phi) is 3.28. The molecule has 4 heteroatoms. The highest BCUT2D eigenvalue weighted by Gasteiger charge is 2.24. The van der Waals surface area contributed by atoms with E-state index in [4.69, 9.17) is 0 Å². The summed E-state index contributed by atoms with van der Waals surface area (Å²) in [5.74, 6) is 0.640. The summed E-state index contributed by atoms with van der Waals surface area (Å²) in [5.41, 5.74) is 1.12. The summed E-state index contributed by atoms with van der Waals surface area (Å²) < 4.78 is 0. The largest absolute Gasteiger partial charge is 0.508 e. The van der Waals surface area contributed by atoms with Gasteiger partial charge in [-0.15, -0.1) is 0 Å². The van der Waals surface area contributed by atoms with Crippen LogP contribution in [0.2, 0.25) is 0 Å². The molecule has 1 aromatic carbocycles. The Morgan fingerprint density at radius 3 is 2.83 bits per heavy atom. The molecule has 0 aliphatic carbocycles. The highest BCUT2D eigenvalue weighted by Crippen LogP contribution is 2.19. The first kappa shape index (κ1) is 12.1. The standard InChI is InChI=1S/C14H14N2O2/c1-3-5-13-15-12(14(18)16(13)2)9-10-6-4-7-11(17)8-10/h3-9,17H,1-2H3/b5-3+,12-9+. The van der Waals surface area contributed by atoms with Crippen LogP contribution in [0.5, 0.6) is 5.75 Å². The first-order chi connectivity index (χ1) is 8.61. The number of benzene rings is 1. The molecule has 4 nitrogen and oxygen atoms in total. The van der Waals surface area contributed by atoms with E-state index in [1.54, 1.807) is 37.4 Å². The van der Waals surface area contributed by atoms with Crippen LogP contribution in [0.1, 0.15) is 12.5 Å². The molecule has 1 heterocycles. The molecule has 1 aromatic rings. The molecule has 92 valence electrons. The van der Waals surface area contributed by atoms with Gasteiger partial charge in [-0.3, -0.25) is 9.69 Å². The van der Waals surface area contributed by atoms with E-state index in [9.17, 15) is 9.90 Å². The minimum atomic E-state index is -0.147. The lowest BCUT2D eigenvalue weighted by Crippen LogP contribution is -2.26. The SMILES string of the molecule is C/C=C/C1=NC(=C/c2cccc(O)c2)/C(=O)N1C. The van der Waals surface area contributed by atoms with E-state index in [1.807, 2.05) is 19.1 Å². The predicted octanol–water partition coefficient (Wildman–Crippen LogP) is 2.18. The second-order valence-electron chi connectivity index (χ2n) is 3.96. The van der Waals surface area contributed by atoms with Crippen molar-refractivity contribution < 1.29 is 9.90 Å². The number of aliphatic imine (C=N–C) groups is 1. The monoisotopic (exact) mass is 242 g/mol. The lowest BCUT2D eigenvalue weighted by Gasteiger charge is -2.07. The Balaban J connectivity index is 2.37. The van der Waals surface area contributed by atoms with Crippen LogP contribution in [0.15, 0.2) is 47.1 Å². The number of phenols is 1. The van der Waals surface area contributed by atoms with E-state index < -0.39 is 0 Å². The molecule has 0 saturated carbocycles. The van der Waals surface area contributed by atoms with Crippen molar-refractivity contribution in [2.75, 3.05) is 7.05 Å². The number of amides is 1. The van der Waals surface area contributed by atoms with Gasteiger partial charge in [-0.1, -0.05) is 18.2 Å². The highest BCUT2D eigenvalue weighted by molar-refractivity contribution is 6.17. The Morgan fingerprint density at radius 2 is 2.17 bits per heavy atom. The molecular formula is C14H14N2O2. The number of allylic oxidation sites excluding steroid dienone is 1. The molecule has 2 rings (SSSR count). The Bertz CT molecular complexity index is 571. The third-order valence-electron chi connectivity index (χ3n) is 2.59. The maximum absolute atomic E-state index is 11.9. The van der Waals surface area contributed by atoms with E-state index in [0.717, 1.165) is 5.56 Å². The fourth-order valence-corrected chi connectivity index (χ4v) is 1.69. The number of rotatable bonds is 2. The van der Waals surface area contributed by atoms with Crippen LogP contribution in [0.4, 0.5) is 0 Å². The summed E-state index contributed by atoms with van der Waals surface area (Å²) >= 11 is 0. The Morgan fingerprint density at radius 1 is 1.39 bits per heavy atom. The number of carbonyl (C=O) groups is 1. The fraction of sp³-hybridized carbons (Fsp3) is 0.143. The lowest BCUT2D eigenvalue weighted by atomic mass is 10.2. The summed E-state index contributed by atoms with van der Waals surface area (Å²) in [6.07, 6.45) is 5.27. The molecular weight excluding hydrogens is 228 g/mol. The number of amidine groups is 1. The molecule has 1 aliphatic heterocycles. The number of likely N-dealkylation sites (N-methyl/N-ethyl adjacent to an activating group) is 1. The maximum atomic E-state index is 11.9. The summed E-state index contributed by atoms with van der Waals surface area (Å²) in [7, 11) is 1.68. The molecule has 0 bridgehead atoms. The molecule has 18 heavy (non-hydrogen) atoms. The van der Waals surface area contributed by atoms with Crippen LogP contribution in [0.3, 0.4) is 0 Å². The molecule has 1 amide bonds. The van der Waals surface area contributed by atoms with Crippen LogP contribution in [0, 0.1) is 0 Å². The minimum absolute atomic E-state index is 0.147. The van der Waals surface area contributed by atoms with Gasteiger partial charge in [-0.25, -0.2) is 4.99 Å². The van der Waals surface area contributed by atoms with Gasteiger partial charge in [0.2, 0.25) is 0 Å². The van der Waals surface area contributed by atoms with Crippen LogP contribution in [0.25, 0.3) is 6.08 Å². The van der Waals surface area contributed by atoms with Gasteiger partial charge in [0.15, 0.2) is 0 Å². The average molecular weight is 242 g/mol. The van der Waals surface area contributed by atoms with Crippen molar-refractivity contribution in [1.82, 2.24) is 4.90 Å². The minimum Gasteiger partial charge on any atom is -0.508 e. The van der Waals surface area contributed by atoms with Crippen molar-refractivity contribution in [1.29, 1.82) is 0 Å². The van der Waals surface area contributed by atoms with E-state index in [-0.39, 0.29) is 11.7 Å². The summed E-state index contributed by atoms with van der Waals surface area (Å²) in [6.45, 7) is 1.87. The molecule has 0 aromatic heterocycles. The zero-order chi connectivity index (χ0) is 13.1. The summed E-state index contributed by atoms with van der Waals surface area (Å²) in [5, 5.41) is 9.37. The molecule has 0 radical (unpaired) electrons. The third kappa shape index (κ3) is 2.32. The van der Waals surface area contributed by atoms with Gasteiger partial charge in [0.25, 0.3) is 5.91 Å².